The number of benzene rings is 3. The summed E-state index contributed by atoms with van der Waals surface area (Å²) in [4.78, 5) is 12.5. The van der Waals surface area contributed by atoms with Crippen LogP contribution in [0.4, 0.5) is 0 Å². The van der Waals surface area contributed by atoms with Crippen molar-refractivity contribution in [2.45, 2.75) is 32.7 Å². The number of carbonyl (C=O) groups is 1. The van der Waals surface area contributed by atoms with Gasteiger partial charge in [0, 0.05) is 17.7 Å². The van der Waals surface area contributed by atoms with Gasteiger partial charge in [-0.05, 0) is 79.8 Å². The van der Waals surface area contributed by atoms with Gasteiger partial charge in [-0.3, -0.25) is 0 Å². The van der Waals surface area contributed by atoms with E-state index >= 15 is 0 Å². The summed E-state index contributed by atoms with van der Waals surface area (Å²) in [5.41, 5.74) is 5.78. The Labute approximate surface area is 232 Å². The molecule has 0 N–H and O–H groups in total. The first-order chi connectivity index (χ1) is 17.7. The zero-order valence-corrected chi connectivity index (χ0v) is 22.6. The van der Waals surface area contributed by atoms with Crippen LogP contribution in [0.5, 0.6) is 11.5 Å². The average molecular weight is 603 g/mol. The summed E-state index contributed by atoms with van der Waals surface area (Å²) in [6.07, 6.45) is 9.28. The number of hydrogen-bond donors (Lipinski definition) is 0. The molecule has 37 heavy (non-hydrogen) atoms. The van der Waals surface area contributed by atoms with E-state index in [4.69, 9.17) is 13.9 Å². The predicted molar refractivity (Wildman–Crippen MR) is 138 cm³/mol. The normalized spacial score (nSPS) is 14.5. The molecule has 0 radical (unpaired) electrons. The maximum absolute atomic E-state index is 12.5. The van der Waals surface area contributed by atoms with Gasteiger partial charge < -0.3 is 37.9 Å². The summed E-state index contributed by atoms with van der Waals surface area (Å²) in [5.74, 6) is 2.45. The third-order valence-corrected chi connectivity index (χ3v) is 6.60. The van der Waals surface area contributed by atoms with E-state index in [0.29, 0.717) is 17.1 Å². The summed E-state index contributed by atoms with van der Waals surface area (Å²) in [7, 11) is 0. The summed E-state index contributed by atoms with van der Waals surface area (Å²) in [6.45, 7) is 2.94. The van der Waals surface area contributed by atoms with Gasteiger partial charge in [-0.1, -0.05) is 30.3 Å². The average Bonchev–Trinajstić information content (AvgIpc) is 3.28. The number of aromatic nitrogens is 1. The molecule has 1 aliphatic heterocycles. The number of fused-ring (bicyclic) bond motifs is 3. The van der Waals surface area contributed by atoms with E-state index in [9.17, 15) is 4.79 Å². The quantitative estimate of drug-likeness (QED) is 0.151. The topological polar surface area (TPSA) is 52.5 Å². The number of rotatable bonds is 5. The Morgan fingerprint density at radius 3 is 2.65 bits per heavy atom. The van der Waals surface area contributed by atoms with Crippen molar-refractivity contribution in [1.82, 2.24) is 0 Å². The van der Waals surface area contributed by atoms with E-state index in [1.54, 1.807) is 18.2 Å². The van der Waals surface area contributed by atoms with Crippen LogP contribution in [0.15, 0.2) is 100 Å². The van der Waals surface area contributed by atoms with Crippen molar-refractivity contribution in [1.29, 1.82) is 0 Å². The Bertz CT molecular complexity index is 1560. The molecule has 0 fully saturated rings. The summed E-state index contributed by atoms with van der Waals surface area (Å²) in [6, 6.07) is 22.6. The zero-order chi connectivity index (χ0) is 24.5. The van der Waals surface area contributed by atoms with Gasteiger partial charge in [-0.25, -0.2) is 4.79 Å². The Balaban J connectivity index is 0.00000280. The lowest BCUT2D eigenvalue weighted by molar-refractivity contribution is -0.674. The number of carbonyl (C=O) groups excluding carboxylic acids is 1. The molecule has 1 aliphatic carbocycles. The highest BCUT2D eigenvalue weighted by Crippen LogP contribution is 2.41. The predicted octanol–water partition coefficient (Wildman–Crippen LogP) is 3.89. The molecule has 0 spiro atoms. The molecule has 0 unspecified atom stereocenters. The van der Waals surface area contributed by atoms with Gasteiger partial charge >= 0.3 is 11.9 Å². The summed E-state index contributed by atoms with van der Waals surface area (Å²) in [5, 5.41) is 0. The molecule has 2 heterocycles. The lowest BCUT2D eigenvalue weighted by Gasteiger charge is -2.26. The molecule has 4 aromatic rings. The first-order valence-electron chi connectivity index (χ1n) is 12.3. The standard InChI is InChI=1S/C31H26NO4.HI/c1-2-32-26-13-6-7-14-27(26)35-29(32)18-16-21-11-8-12-24-19-23-15-17-25(20-28(23)36-30(21)24)34-31(33)22-9-4-3-5-10-22;/h3-7,9-10,13-20H,2,8,11-12H2,1H3;1H/q+1;/p-1/b18-16+;. The van der Waals surface area contributed by atoms with Crippen molar-refractivity contribution in [3.8, 4) is 11.5 Å². The molecular weight excluding hydrogens is 577 g/mol. The molecule has 0 bridgehead atoms. The Morgan fingerprint density at radius 2 is 1.81 bits per heavy atom. The first kappa shape index (κ1) is 25.0. The molecule has 0 amide bonds. The number of halogens is 1. The molecule has 5 nitrogen and oxygen atoms in total. The minimum Gasteiger partial charge on any atom is -1.00 e. The van der Waals surface area contributed by atoms with Crippen LogP contribution >= 0.6 is 0 Å². The molecule has 3 aromatic carbocycles. The van der Waals surface area contributed by atoms with Crippen molar-refractivity contribution < 1.29 is 47.2 Å². The Kier molecular flexibility index (Phi) is 7.28. The van der Waals surface area contributed by atoms with E-state index in [1.165, 1.54) is 5.57 Å². The number of hydrogen-bond acceptors (Lipinski definition) is 4. The van der Waals surface area contributed by atoms with Crippen LogP contribution in [0, 0.1) is 0 Å². The monoisotopic (exact) mass is 603 g/mol. The molecule has 0 atom stereocenters. The van der Waals surface area contributed by atoms with Gasteiger partial charge in [0.05, 0.1) is 11.6 Å². The number of allylic oxidation sites excluding steroid dienone is 3. The van der Waals surface area contributed by atoms with Crippen LogP contribution in [0.3, 0.4) is 0 Å². The highest BCUT2D eigenvalue weighted by molar-refractivity contribution is 5.91. The third kappa shape index (κ3) is 4.98. The van der Waals surface area contributed by atoms with Crippen LogP contribution < -0.4 is 38.0 Å². The number of nitrogens with zero attached hydrogens (tertiary/aromatic N) is 1. The number of ether oxygens (including phenoxy) is 2. The van der Waals surface area contributed by atoms with E-state index in [-0.39, 0.29) is 24.0 Å². The Morgan fingerprint density at radius 1 is 1.00 bits per heavy atom. The molecule has 6 rings (SSSR count). The maximum Gasteiger partial charge on any atom is 0.374 e. The van der Waals surface area contributed by atoms with Crippen molar-refractivity contribution in [3.05, 3.63) is 113 Å². The fraction of sp³-hybridized carbons (Fsp3) is 0.161. The molecular formula is C31H26INO4. The van der Waals surface area contributed by atoms with Crippen molar-refractivity contribution in [3.63, 3.8) is 0 Å². The van der Waals surface area contributed by atoms with Crippen molar-refractivity contribution >= 4 is 29.2 Å². The largest absolute Gasteiger partial charge is 1.00 e. The second kappa shape index (κ2) is 10.8. The lowest BCUT2D eigenvalue weighted by Crippen LogP contribution is -3.00. The fourth-order valence-corrected chi connectivity index (χ4v) is 4.83. The third-order valence-electron chi connectivity index (χ3n) is 6.60. The van der Waals surface area contributed by atoms with Crippen LogP contribution in [0.2, 0.25) is 0 Å². The zero-order valence-electron chi connectivity index (χ0n) is 20.4. The van der Waals surface area contributed by atoms with E-state index in [2.05, 4.69) is 29.7 Å². The van der Waals surface area contributed by atoms with Crippen LogP contribution in [-0.2, 0) is 6.54 Å². The highest BCUT2D eigenvalue weighted by Gasteiger charge is 2.25. The Hall–Kier alpha value is -3.65. The lowest BCUT2D eigenvalue weighted by atomic mass is 9.90. The van der Waals surface area contributed by atoms with Crippen molar-refractivity contribution in [2.24, 2.45) is 0 Å². The molecule has 0 saturated heterocycles. The number of oxazole rings is 1. The summed E-state index contributed by atoms with van der Waals surface area (Å²) >= 11 is 0. The maximum atomic E-state index is 12.5. The van der Waals surface area contributed by atoms with Crippen LogP contribution in [0.25, 0.3) is 23.3 Å². The number of esters is 1. The van der Waals surface area contributed by atoms with E-state index in [1.807, 2.05) is 54.6 Å². The van der Waals surface area contributed by atoms with Crippen molar-refractivity contribution in [2.75, 3.05) is 0 Å². The second-order valence-corrected chi connectivity index (χ2v) is 8.92. The SMILES string of the molecule is CC[n+]1c(/C=C/C2=C3Oc4cc(OC(=O)c5ccccc5)ccc4C=C3CCC2)oc2ccccc21.[I-]. The molecule has 0 saturated carbocycles. The molecule has 1 aromatic heterocycles. The van der Waals surface area contributed by atoms with Crippen LogP contribution in [0.1, 0.15) is 48.0 Å². The fourth-order valence-electron chi connectivity index (χ4n) is 4.83. The molecule has 6 heteroatoms. The minimum absolute atomic E-state index is 0. The molecule has 186 valence electrons. The smallest absolute Gasteiger partial charge is 0.374 e. The van der Waals surface area contributed by atoms with E-state index < -0.39 is 5.97 Å². The summed E-state index contributed by atoms with van der Waals surface area (Å²) < 4.78 is 20.3. The van der Waals surface area contributed by atoms with Gasteiger partial charge in [-0.15, -0.1) is 0 Å². The van der Waals surface area contributed by atoms with Crippen LogP contribution in [-0.4, -0.2) is 5.97 Å². The van der Waals surface area contributed by atoms with Gasteiger partial charge in [0.1, 0.15) is 23.8 Å². The van der Waals surface area contributed by atoms with Gasteiger partial charge in [0.2, 0.25) is 5.58 Å². The first-order valence-corrected chi connectivity index (χ1v) is 12.3. The molecule has 2 aliphatic rings. The minimum atomic E-state index is -0.391. The van der Waals surface area contributed by atoms with E-state index in [0.717, 1.165) is 59.7 Å². The highest BCUT2D eigenvalue weighted by atomic mass is 127. The number of aryl methyl sites for hydroxylation is 1. The van der Waals surface area contributed by atoms with Gasteiger partial charge in [0.15, 0.2) is 0 Å². The van der Waals surface area contributed by atoms with Gasteiger partial charge in [0.25, 0.3) is 5.52 Å². The van der Waals surface area contributed by atoms with Gasteiger partial charge in [-0.2, -0.15) is 4.57 Å². The second-order valence-electron chi connectivity index (χ2n) is 8.92. The number of para-hydroxylation sites is 2.